The summed E-state index contributed by atoms with van der Waals surface area (Å²) >= 11 is 0. The van der Waals surface area contributed by atoms with Crippen LogP contribution in [0.1, 0.15) is 0 Å². The summed E-state index contributed by atoms with van der Waals surface area (Å²) in [4.78, 5) is 14.9. The number of para-hydroxylation sites is 3. The lowest BCUT2D eigenvalue weighted by atomic mass is 9.94. The van der Waals surface area contributed by atoms with Crippen LogP contribution in [0.3, 0.4) is 0 Å². The number of rotatable bonds is 7. The molecule has 0 bridgehead atoms. The number of hydrogen-bond acceptors (Lipinski definition) is 3. The number of benzene rings is 10. The van der Waals surface area contributed by atoms with E-state index in [1.807, 2.05) is 36.7 Å². The zero-order valence-corrected chi connectivity index (χ0v) is 39.4. The van der Waals surface area contributed by atoms with Crippen molar-refractivity contribution < 1.29 is 0 Å². The van der Waals surface area contributed by atoms with Crippen molar-refractivity contribution >= 4 is 76.2 Å². The van der Waals surface area contributed by atoms with E-state index in [9.17, 15) is 0 Å². The van der Waals surface area contributed by atoms with Gasteiger partial charge in [-0.25, -0.2) is 9.97 Å². The summed E-state index contributed by atoms with van der Waals surface area (Å²) in [5, 5.41) is 9.55. The fourth-order valence-corrected chi connectivity index (χ4v) is 11.4. The predicted octanol–water partition coefficient (Wildman–Crippen LogP) is 17.0. The van der Waals surface area contributed by atoms with Crippen LogP contribution in [0, 0.1) is 0 Å². The molecule has 10 aromatic carbocycles. The predicted molar refractivity (Wildman–Crippen MR) is 302 cm³/mol. The van der Waals surface area contributed by atoms with Gasteiger partial charge in [-0.3, -0.25) is 9.55 Å². The van der Waals surface area contributed by atoms with Gasteiger partial charge in [-0.05, 0) is 99.8 Å². The van der Waals surface area contributed by atoms with E-state index in [1.165, 1.54) is 65.3 Å². The van der Waals surface area contributed by atoms with Gasteiger partial charge in [0.25, 0.3) is 0 Å². The Kier molecular flexibility index (Phi) is 9.16. The Morgan fingerprint density at radius 1 is 0.288 bits per heavy atom. The minimum Gasteiger partial charge on any atom is -0.309 e. The molecule has 5 heterocycles. The maximum Gasteiger partial charge on any atom is 0.162 e. The number of nitrogens with zero attached hydrogens (tertiary/aromatic N) is 6. The van der Waals surface area contributed by atoms with Crippen molar-refractivity contribution in [1.29, 1.82) is 0 Å². The Labute approximate surface area is 420 Å². The highest BCUT2D eigenvalue weighted by Crippen LogP contribution is 2.41. The van der Waals surface area contributed by atoms with Gasteiger partial charge in [-0.2, -0.15) is 0 Å². The molecule has 6 heteroatoms. The lowest BCUT2D eigenvalue weighted by Crippen LogP contribution is -2.02. The van der Waals surface area contributed by atoms with Crippen molar-refractivity contribution in [3.8, 4) is 62.1 Å². The summed E-state index contributed by atoms with van der Waals surface area (Å²) in [6.07, 6.45) is 3.87. The van der Waals surface area contributed by atoms with E-state index >= 15 is 0 Å². The smallest absolute Gasteiger partial charge is 0.162 e. The molecule has 0 atom stereocenters. The first-order chi connectivity index (χ1) is 36.2. The van der Waals surface area contributed by atoms with E-state index < -0.39 is 0 Å². The molecular formula is C67H42N6. The molecule has 0 spiro atoms. The summed E-state index contributed by atoms with van der Waals surface area (Å²) < 4.78 is 7.06. The van der Waals surface area contributed by atoms with Gasteiger partial charge in [-0.1, -0.05) is 170 Å². The van der Waals surface area contributed by atoms with Crippen LogP contribution in [0.25, 0.3) is 138 Å². The van der Waals surface area contributed by atoms with Crippen LogP contribution in [-0.4, -0.2) is 28.7 Å². The zero-order chi connectivity index (χ0) is 48.0. The lowest BCUT2D eigenvalue weighted by Gasteiger charge is -2.13. The van der Waals surface area contributed by atoms with E-state index in [1.54, 1.807) is 0 Å². The molecule has 0 aliphatic heterocycles. The normalized spacial score (nSPS) is 11.8. The van der Waals surface area contributed by atoms with Gasteiger partial charge in [0.2, 0.25) is 0 Å². The minimum absolute atomic E-state index is 0.688. The molecule has 0 amide bonds. The Hall–Kier alpha value is -9.91. The van der Waals surface area contributed by atoms with Crippen molar-refractivity contribution in [2.24, 2.45) is 0 Å². The standard InChI is InChI=1S/C67H42N6/c1-4-15-43(16-5-1)59-41-66(70-67(69-59)44-17-6-2-7-18-44)73-61-26-13-11-23-54(61)56-32-28-46(38-64(56)73)45-27-31-52-47(37-45)19-14-24-51(52)48-29-33-55-53-22-10-12-25-60(53)72(63(55)39-48)50-30-34-62-58(40-50)57-35-36-68-42-65(57)71(62)49-20-8-3-9-21-49/h1-42H. The molecule has 0 aliphatic rings. The second kappa shape index (κ2) is 16.3. The highest BCUT2D eigenvalue weighted by molar-refractivity contribution is 6.14. The topological polar surface area (TPSA) is 53.5 Å². The van der Waals surface area contributed by atoms with Crippen LogP contribution in [-0.2, 0) is 0 Å². The van der Waals surface area contributed by atoms with E-state index in [0.717, 1.165) is 67.2 Å². The molecule has 6 nitrogen and oxygen atoms in total. The third kappa shape index (κ3) is 6.54. The first kappa shape index (κ1) is 40.9. The number of fused-ring (bicyclic) bond motifs is 10. The molecule has 15 aromatic rings. The van der Waals surface area contributed by atoms with E-state index in [2.05, 4.69) is 237 Å². The highest BCUT2D eigenvalue weighted by atomic mass is 15.1. The molecule has 0 saturated heterocycles. The van der Waals surface area contributed by atoms with E-state index in [0.29, 0.717) is 5.82 Å². The maximum atomic E-state index is 5.29. The quantitative estimate of drug-likeness (QED) is 0.160. The Morgan fingerprint density at radius 3 is 1.63 bits per heavy atom. The van der Waals surface area contributed by atoms with Crippen LogP contribution in [0.2, 0.25) is 0 Å². The zero-order valence-electron chi connectivity index (χ0n) is 39.4. The molecule has 15 rings (SSSR count). The highest BCUT2D eigenvalue weighted by Gasteiger charge is 2.20. The molecule has 0 aliphatic carbocycles. The molecule has 0 N–H and O–H groups in total. The van der Waals surface area contributed by atoms with Gasteiger partial charge in [0.15, 0.2) is 5.82 Å². The fourth-order valence-electron chi connectivity index (χ4n) is 11.4. The summed E-state index contributed by atoms with van der Waals surface area (Å²) in [6, 6.07) is 87.2. The van der Waals surface area contributed by atoms with Crippen LogP contribution in [0.4, 0.5) is 0 Å². The Morgan fingerprint density at radius 2 is 0.863 bits per heavy atom. The first-order valence-corrected chi connectivity index (χ1v) is 24.7. The SMILES string of the molecule is c1ccc(-c2cc(-n3c4ccccc4c4ccc(-c5ccc6c(-c7ccc8c9ccccc9n(-c9ccc%10c(c9)c9ccncc9n%10-c9ccccc9)c8c7)cccc6c5)cc43)nc(-c3ccccc3)n2)cc1. The molecule has 0 saturated carbocycles. The minimum atomic E-state index is 0.688. The van der Waals surface area contributed by atoms with Gasteiger partial charge in [0.1, 0.15) is 5.82 Å². The van der Waals surface area contributed by atoms with Crippen LogP contribution in [0.5, 0.6) is 0 Å². The molecule has 73 heavy (non-hydrogen) atoms. The summed E-state index contributed by atoms with van der Waals surface area (Å²) in [5.74, 6) is 1.51. The Balaban J connectivity index is 0.858. The van der Waals surface area contributed by atoms with Crippen molar-refractivity contribution in [2.75, 3.05) is 0 Å². The Bertz CT molecular complexity index is 4600. The molecule has 0 radical (unpaired) electrons. The molecule has 0 fully saturated rings. The summed E-state index contributed by atoms with van der Waals surface area (Å²) in [6.45, 7) is 0. The van der Waals surface area contributed by atoms with Gasteiger partial charge in [-0.15, -0.1) is 0 Å². The van der Waals surface area contributed by atoms with E-state index in [4.69, 9.17) is 9.97 Å². The van der Waals surface area contributed by atoms with Gasteiger partial charge >= 0.3 is 0 Å². The maximum absolute atomic E-state index is 5.29. The summed E-state index contributed by atoms with van der Waals surface area (Å²) in [5.41, 5.74) is 16.5. The van der Waals surface area contributed by atoms with Crippen LogP contribution in [0.15, 0.2) is 255 Å². The molecule has 340 valence electrons. The second-order valence-electron chi connectivity index (χ2n) is 18.8. The lowest BCUT2D eigenvalue weighted by molar-refractivity contribution is 1.05. The third-order valence-electron chi connectivity index (χ3n) is 14.7. The largest absolute Gasteiger partial charge is 0.309 e. The van der Waals surface area contributed by atoms with Crippen molar-refractivity contribution in [1.82, 2.24) is 28.7 Å². The third-order valence-corrected chi connectivity index (χ3v) is 14.7. The first-order valence-electron chi connectivity index (χ1n) is 24.7. The van der Waals surface area contributed by atoms with Crippen LogP contribution >= 0.6 is 0 Å². The molecule has 5 aromatic heterocycles. The van der Waals surface area contributed by atoms with E-state index in [-0.39, 0.29) is 0 Å². The number of hydrogen-bond donors (Lipinski definition) is 0. The fraction of sp³-hybridized carbons (Fsp3) is 0. The average Bonchev–Trinajstić information content (AvgIpc) is 4.10. The number of aromatic nitrogens is 6. The van der Waals surface area contributed by atoms with Crippen molar-refractivity contribution in [2.45, 2.75) is 0 Å². The average molecular weight is 931 g/mol. The molecular weight excluding hydrogens is 889 g/mol. The summed E-state index contributed by atoms with van der Waals surface area (Å²) in [7, 11) is 0. The van der Waals surface area contributed by atoms with Gasteiger partial charge in [0.05, 0.1) is 45.0 Å². The van der Waals surface area contributed by atoms with Crippen molar-refractivity contribution in [3.05, 3.63) is 255 Å². The second-order valence-corrected chi connectivity index (χ2v) is 18.8. The molecule has 0 unspecified atom stereocenters. The van der Waals surface area contributed by atoms with Gasteiger partial charge < -0.3 is 9.13 Å². The monoisotopic (exact) mass is 930 g/mol. The number of pyridine rings is 1. The van der Waals surface area contributed by atoms with Gasteiger partial charge in [0, 0.05) is 67.1 Å². The van der Waals surface area contributed by atoms with Crippen LogP contribution < -0.4 is 0 Å². The van der Waals surface area contributed by atoms with Crippen molar-refractivity contribution in [3.63, 3.8) is 0 Å².